The maximum absolute atomic E-state index is 13.5. The summed E-state index contributed by atoms with van der Waals surface area (Å²) < 4.78 is 18.4. The lowest BCUT2D eigenvalue weighted by atomic mass is 9.93. The monoisotopic (exact) mass is 330 g/mol. The Kier molecular flexibility index (Phi) is 8.20. The third kappa shape index (κ3) is 5.81. The molecule has 1 amide bonds. The summed E-state index contributed by atoms with van der Waals surface area (Å²) in [4.78, 5) is 11.8. The number of hydrogen-bond donors (Lipinski definition) is 2. The summed E-state index contributed by atoms with van der Waals surface area (Å²) in [6, 6.07) is 4.73. The molecule has 1 saturated heterocycles. The molecule has 2 rings (SSSR count). The molecule has 22 heavy (non-hydrogen) atoms. The molecule has 124 valence electrons. The van der Waals surface area contributed by atoms with Gasteiger partial charge in [-0.1, -0.05) is 6.07 Å². The highest BCUT2D eigenvalue weighted by Crippen LogP contribution is 2.19. The summed E-state index contributed by atoms with van der Waals surface area (Å²) in [7, 11) is 1.43. The van der Waals surface area contributed by atoms with Gasteiger partial charge in [-0.3, -0.25) is 4.79 Å². The molecule has 1 heterocycles. The normalized spacial score (nSPS) is 15.0. The van der Waals surface area contributed by atoms with Crippen molar-refractivity contribution in [1.29, 1.82) is 0 Å². The quantitative estimate of drug-likeness (QED) is 0.843. The molecular formula is C16H24ClFN2O2. The van der Waals surface area contributed by atoms with Crippen molar-refractivity contribution in [3.05, 3.63) is 29.6 Å². The smallest absolute Gasteiger partial charge is 0.220 e. The van der Waals surface area contributed by atoms with Crippen LogP contribution in [0.2, 0.25) is 0 Å². The van der Waals surface area contributed by atoms with E-state index in [1.807, 2.05) is 0 Å². The zero-order chi connectivity index (χ0) is 15.1. The van der Waals surface area contributed by atoms with E-state index in [0.29, 0.717) is 18.9 Å². The first-order valence-electron chi connectivity index (χ1n) is 7.49. The number of rotatable bonds is 6. The number of amides is 1. The van der Waals surface area contributed by atoms with Crippen molar-refractivity contribution in [3.8, 4) is 5.75 Å². The van der Waals surface area contributed by atoms with Crippen LogP contribution in [0.4, 0.5) is 4.39 Å². The van der Waals surface area contributed by atoms with Gasteiger partial charge >= 0.3 is 0 Å². The van der Waals surface area contributed by atoms with E-state index in [-0.39, 0.29) is 24.1 Å². The topological polar surface area (TPSA) is 50.4 Å². The minimum Gasteiger partial charge on any atom is -0.494 e. The molecule has 0 radical (unpaired) electrons. The van der Waals surface area contributed by atoms with Crippen LogP contribution >= 0.6 is 12.4 Å². The molecule has 1 aliphatic heterocycles. The molecular weight excluding hydrogens is 307 g/mol. The first-order chi connectivity index (χ1) is 10.2. The molecule has 0 saturated carbocycles. The van der Waals surface area contributed by atoms with Crippen LogP contribution in [0.15, 0.2) is 18.2 Å². The Morgan fingerprint density at radius 2 is 2.14 bits per heavy atom. The van der Waals surface area contributed by atoms with Gasteiger partial charge in [-0.05, 0) is 56.0 Å². The van der Waals surface area contributed by atoms with Crippen molar-refractivity contribution in [2.75, 3.05) is 20.2 Å². The second kappa shape index (κ2) is 9.64. The highest BCUT2D eigenvalue weighted by Gasteiger charge is 2.14. The lowest BCUT2D eigenvalue weighted by Crippen LogP contribution is -2.29. The maximum atomic E-state index is 13.5. The van der Waals surface area contributed by atoms with Crippen LogP contribution in [0.25, 0.3) is 0 Å². The standard InChI is InChI=1S/C16H23FN2O2.ClH/c1-21-15-4-2-13(10-14(15)17)11-19-16(20)5-3-12-6-8-18-9-7-12;/h2,4,10,12,18H,3,5-9,11H2,1H3,(H,19,20);1H. The highest BCUT2D eigenvalue weighted by atomic mass is 35.5. The zero-order valence-corrected chi connectivity index (χ0v) is 13.7. The summed E-state index contributed by atoms with van der Waals surface area (Å²) in [5, 5.41) is 6.16. The van der Waals surface area contributed by atoms with Crippen molar-refractivity contribution in [2.45, 2.75) is 32.2 Å². The fourth-order valence-corrected chi connectivity index (χ4v) is 2.61. The van der Waals surface area contributed by atoms with E-state index in [4.69, 9.17) is 4.74 Å². The van der Waals surface area contributed by atoms with Gasteiger partial charge in [0.2, 0.25) is 5.91 Å². The zero-order valence-electron chi connectivity index (χ0n) is 12.9. The molecule has 6 heteroatoms. The molecule has 1 fully saturated rings. The predicted molar refractivity (Wildman–Crippen MR) is 86.9 cm³/mol. The van der Waals surface area contributed by atoms with Crippen molar-refractivity contribution >= 4 is 18.3 Å². The van der Waals surface area contributed by atoms with Gasteiger partial charge in [0.25, 0.3) is 0 Å². The van der Waals surface area contributed by atoms with Gasteiger partial charge in [0, 0.05) is 13.0 Å². The van der Waals surface area contributed by atoms with Crippen LogP contribution in [-0.2, 0) is 11.3 Å². The molecule has 0 spiro atoms. The van der Waals surface area contributed by atoms with E-state index < -0.39 is 5.82 Å². The lowest BCUT2D eigenvalue weighted by Gasteiger charge is -2.22. The Labute approximate surface area is 137 Å². The third-order valence-electron chi connectivity index (χ3n) is 3.94. The largest absolute Gasteiger partial charge is 0.494 e. The average molecular weight is 331 g/mol. The van der Waals surface area contributed by atoms with Crippen molar-refractivity contribution in [3.63, 3.8) is 0 Å². The van der Waals surface area contributed by atoms with E-state index in [2.05, 4.69) is 10.6 Å². The second-order valence-electron chi connectivity index (χ2n) is 5.48. The van der Waals surface area contributed by atoms with Crippen LogP contribution < -0.4 is 15.4 Å². The van der Waals surface area contributed by atoms with E-state index in [9.17, 15) is 9.18 Å². The molecule has 1 aromatic carbocycles. The highest BCUT2D eigenvalue weighted by molar-refractivity contribution is 5.85. The third-order valence-corrected chi connectivity index (χ3v) is 3.94. The van der Waals surface area contributed by atoms with Gasteiger partial charge in [0.1, 0.15) is 0 Å². The van der Waals surface area contributed by atoms with Gasteiger partial charge < -0.3 is 15.4 Å². The Morgan fingerprint density at radius 3 is 2.77 bits per heavy atom. The van der Waals surface area contributed by atoms with Gasteiger partial charge in [-0.15, -0.1) is 12.4 Å². The van der Waals surface area contributed by atoms with E-state index in [1.165, 1.54) is 13.2 Å². The molecule has 0 bridgehead atoms. The van der Waals surface area contributed by atoms with Crippen molar-refractivity contribution in [2.24, 2.45) is 5.92 Å². The molecule has 0 aliphatic carbocycles. The summed E-state index contributed by atoms with van der Waals surface area (Å²) in [5.41, 5.74) is 0.739. The minimum absolute atomic E-state index is 0. The Morgan fingerprint density at radius 1 is 1.41 bits per heavy atom. The molecule has 1 aromatic rings. The molecule has 0 aromatic heterocycles. The number of methoxy groups -OCH3 is 1. The van der Waals surface area contributed by atoms with Crippen molar-refractivity contribution in [1.82, 2.24) is 10.6 Å². The summed E-state index contributed by atoms with van der Waals surface area (Å²) >= 11 is 0. The number of ether oxygens (including phenoxy) is 1. The van der Waals surface area contributed by atoms with Gasteiger partial charge in [-0.25, -0.2) is 4.39 Å². The Bertz CT molecular complexity index is 479. The maximum Gasteiger partial charge on any atom is 0.220 e. The fourth-order valence-electron chi connectivity index (χ4n) is 2.61. The fraction of sp³-hybridized carbons (Fsp3) is 0.562. The molecule has 0 unspecified atom stereocenters. The van der Waals surface area contributed by atoms with Crippen LogP contribution in [-0.4, -0.2) is 26.1 Å². The van der Waals surface area contributed by atoms with Gasteiger partial charge in [0.05, 0.1) is 7.11 Å². The predicted octanol–water partition coefficient (Wildman–Crippen LogP) is 2.65. The number of carbonyl (C=O) groups excluding carboxylic acids is 1. The van der Waals surface area contributed by atoms with E-state index in [1.54, 1.807) is 12.1 Å². The Balaban J connectivity index is 0.00000242. The number of halogens is 2. The first kappa shape index (κ1) is 18.7. The van der Waals surface area contributed by atoms with Crippen LogP contribution in [0.5, 0.6) is 5.75 Å². The SMILES string of the molecule is COc1ccc(CNC(=O)CCC2CCNCC2)cc1F.Cl. The number of benzene rings is 1. The number of nitrogens with one attached hydrogen (secondary N) is 2. The summed E-state index contributed by atoms with van der Waals surface area (Å²) in [5.74, 6) is 0.495. The number of piperidine rings is 1. The Hall–Kier alpha value is -1.33. The second-order valence-corrected chi connectivity index (χ2v) is 5.48. The summed E-state index contributed by atoms with van der Waals surface area (Å²) in [6.45, 7) is 2.46. The van der Waals surface area contributed by atoms with Crippen LogP contribution in [0.1, 0.15) is 31.2 Å². The first-order valence-corrected chi connectivity index (χ1v) is 7.49. The molecule has 2 N–H and O–H groups in total. The van der Waals surface area contributed by atoms with E-state index in [0.717, 1.165) is 37.9 Å². The molecule has 0 atom stereocenters. The molecule has 4 nitrogen and oxygen atoms in total. The van der Waals surface area contributed by atoms with Crippen LogP contribution in [0.3, 0.4) is 0 Å². The average Bonchev–Trinajstić information content (AvgIpc) is 2.52. The number of hydrogen-bond acceptors (Lipinski definition) is 3. The van der Waals surface area contributed by atoms with Crippen molar-refractivity contribution < 1.29 is 13.9 Å². The van der Waals surface area contributed by atoms with Gasteiger partial charge in [0.15, 0.2) is 11.6 Å². The summed E-state index contributed by atoms with van der Waals surface area (Å²) in [6.07, 6.45) is 3.78. The van der Waals surface area contributed by atoms with E-state index >= 15 is 0 Å². The lowest BCUT2D eigenvalue weighted by molar-refractivity contribution is -0.121. The minimum atomic E-state index is -0.404. The van der Waals surface area contributed by atoms with Crippen LogP contribution in [0, 0.1) is 11.7 Å². The molecule has 1 aliphatic rings. The number of carbonyl (C=O) groups is 1. The van der Waals surface area contributed by atoms with Gasteiger partial charge in [-0.2, -0.15) is 0 Å².